The van der Waals surface area contributed by atoms with Gasteiger partial charge in [-0.1, -0.05) is 44.0 Å². The van der Waals surface area contributed by atoms with Gasteiger partial charge in [-0.3, -0.25) is 0 Å². The minimum Gasteiger partial charge on any atom is -0.0625 e. The van der Waals surface area contributed by atoms with Crippen LogP contribution in [0.25, 0.3) is 0 Å². The zero-order chi connectivity index (χ0) is 9.10. The van der Waals surface area contributed by atoms with E-state index in [1.807, 2.05) is 12.1 Å². The minimum atomic E-state index is 0.818. The first-order chi connectivity index (χ1) is 6.36. The van der Waals surface area contributed by atoms with E-state index < -0.39 is 0 Å². The normalized spacial score (nSPS) is 28.7. The molecular formula is C13H17. The number of rotatable bonds is 1. The molecule has 0 saturated heterocycles. The van der Waals surface area contributed by atoms with E-state index >= 15 is 0 Å². The van der Waals surface area contributed by atoms with E-state index in [1.54, 1.807) is 0 Å². The van der Waals surface area contributed by atoms with Crippen molar-refractivity contribution in [3.63, 3.8) is 0 Å². The van der Waals surface area contributed by atoms with Crippen LogP contribution in [0.15, 0.2) is 24.3 Å². The summed E-state index contributed by atoms with van der Waals surface area (Å²) in [5.74, 6) is 1.74. The van der Waals surface area contributed by atoms with Gasteiger partial charge in [-0.15, -0.1) is 0 Å². The summed E-state index contributed by atoms with van der Waals surface area (Å²) in [5, 5.41) is 0. The molecule has 2 atom stereocenters. The van der Waals surface area contributed by atoms with Gasteiger partial charge in [0.15, 0.2) is 0 Å². The SMILES string of the molecule is CC1CCCC(c2cc[c]cc2)C1. The van der Waals surface area contributed by atoms with Gasteiger partial charge in [0.05, 0.1) is 0 Å². The second-order valence-electron chi connectivity index (χ2n) is 4.30. The molecule has 1 aromatic rings. The molecule has 0 N–H and O–H groups in total. The van der Waals surface area contributed by atoms with Crippen LogP contribution in [0.2, 0.25) is 0 Å². The van der Waals surface area contributed by atoms with E-state index in [4.69, 9.17) is 0 Å². The largest absolute Gasteiger partial charge is 0.0625 e. The van der Waals surface area contributed by atoms with Gasteiger partial charge in [-0.2, -0.15) is 0 Å². The fraction of sp³-hybridized carbons (Fsp3) is 0.538. The molecule has 69 valence electrons. The quantitative estimate of drug-likeness (QED) is 0.606. The summed E-state index contributed by atoms with van der Waals surface area (Å²) in [4.78, 5) is 0. The van der Waals surface area contributed by atoms with E-state index in [2.05, 4.69) is 25.1 Å². The van der Waals surface area contributed by atoms with E-state index in [-0.39, 0.29) is 0 Å². The van der Waals surface area contributed by atoms with Crippen molar-refractivity contribution in [1.29, 1.82) is 0 Å². The van der Waals surface area contributed by atoms with E-state index in [0.29, 0.717) is 0 Å². The molecule has 0 heteroatoms. The van der Waals surface area contributed by atoms with Crippen LogP contribution in [0.5, 0.6) is 0 Å². The Morgan fingerprint density at radius 1 is 1.23 bits per heavy atom. The first-order valence-electron chi connectivity index (χ1n) is 5.32. The molecule has 0 nitrogen and oxygen atoms in total. The van der Waals surface area contributed by atoms with Crippen molar-refractivity contribution in [2.45, 2.75) is 38.5 Å². The Morgan fingerprint density at radius 3 is 2.69 bits per heavy atom. The highest BCUT2D eigenvalue weighted by Gasteiger charge is 2.19. The van der Waals surface area contributed by atoms with Crippen molar-refractivity contribution in [1.82, 2.24) is 0 Å². The van der Waals surface area contributed by atoms with Crippen LogP contribution in [0.3, 0.4) is 0 Å². The molecule has 13 heavy (non-hydrogen) atoms. The highest BCUT2D eigenvalue weighted by atomic mass is 14.2. The van der Waals surface area contributed by atoms with Crippen LogP contribution >= 0.6 is 0 Å². The monoisotopic (exact) mass is 173 g/mol. The van der Waals surface area contributed by atoms with Crippen LogP contribution in [-0.2, 0) is 0 Å². The summed E-state index contributed by atoms with van der Waals surface area (Å²) in [6, 6.07) is 11.6. The lowest BCUT2D eigenvalue weighted by Gasteiger charge is -2.26. The summed E-state index contributed by atoms with van der Waals surface area (Å²) in [6.45, 7) is 2.38. The van der Waals surface area contributed by atoms with Gasteiger partial charge in [0, 0.05) is 0 Å². The number of hydrogen-bond donors (Lipinski definition) is 0. The van der Waals surface area contributed by atoms with Crippen molar-refractivity contribution in [3.8, 4) is 0 Å². The van der Waals surface area contributed by atoms with Crippen LogP contribution in [-0.4, -0.2) is 0 Å². The van der Waals surface area contributed by atoms with Gasteiger partial charge in [-0.25, -0.2) is 0 Å². The molecule has 0 bridgehead atoms. The standard InChI is InChI=1S/C13H17/c1-11-6-5-9-13(10-11)12-7-3-2-4-8-12/h3-4,7-8,11,13H,5-6,9-10H2,1H3. The fourth-order valence-corrected chi connectivity index (χ4v) is 2.41. The number of hydrogen-bond acceptors (Lipinski definition) is 0. The zero-order valence-corrected chi connectivity index (χ0v) is 8.29. The van der Waals surface area contributed by atoms with Crippen molar-refractivity contribution in [2.75, 3.05) is 0 Å². The third-order valence-electron chi connectivity index (χ3n) is 3.15. The molecule has 0 aromatic heterocycles. The molecule has 2 rings (SSSR count). The molecule has 0 spiro atoms. The smallest absolute Gasteiger partial charge is 0.0159 e. The van der Waals surface area contributed by atoms with Gasteiger partial charge in [0.25, 0.3) is 0 Å². The predicted molar refractivity (Wildman–Crippen MR) is 55.7 cm³/mol. The molecule has 1 radical (unpaired) electrons. The van der Waals surface area contributed by atoms with E-state index in [0.717, 1.165) is 11.8 Å². The summed E-state index contributed by atoms with van der Waals surface area (Å²) in [7, 11) is 0. The molecule has 0 aliphatic heterocycles. The van der Waals surface area contributed by atoms with Crippen LogP contribution < -0.4 is 0 Å². The summed E-state index contributed by atoms with van der Waals surface area (Å²) in [6.07, 6.45) is 5.60. The molecule has 0 heterocycles. The highest BCUT2D eigenvalue weighted by Crippen LogP contribution is 2.35. The third kappa shape index (κ3) is 2.12. The number of benzene rings is 1. The predicted octanol–water partition coefficient (Wildman–Crippen LogP) is 3.78. The van der Waals surface area contributed by atoms with Crippen molar-refractivity contribution >= 4 is 0 Å². The molecule has 1 aromatic carbocycles. The molecule has 1 saturated carbocycles. The Kier molecular flexibility index (Phi) is 2.68. The van der Waals surface area contributed by atoms with Gasteiger partial charge >= 0.3 is 0 Å². The van der Waals surface area contributed by atoms with Crippen LogP contribution in [0.1, 0.15) is 44.1 Å². The average molecular weight is 173 g/mol. The molecule has 1 fully saturated rings. The maximum atomic E-state index is 3.08. The Labute approximate surface area is 81.0 Å². The Morgan fingerprint density at radius 2 is 2.00 bits per heavy atom. The van der Waals surface area contributed by atoms with E-state index in [1.165, 1.54) is 31.2 Å². The lowest BCUT2D eigenvalue weighted by molar-refractivity contribution is 0.344. The van der Waals surface area contributed by atoms with Crippen molar-refractivity contribution in [3.05, 3.63) is 35.9 Å². The average Bonchev–Trinajstić information content (AvgIpc) is 2.19. The molecule has 2 unspecified atom stereocenters. The third-order valence-corrected chi connectivity index (χ3v) is 3.15. The maximum Gasteiger partial charge on any atom is -0.0159 e. The van der Waals surface area contributed by atoms with Gasteiger partial charge in [0.1, 0.15) is 0 Å². The zero-order valence-electron chi connectivity index (χ0n) is 8.29. The van der Waals surface area contributed by atoms with Crippen molar-refractivity contribution in [2.24, 2.45) is 5.92 Å². The fourth-order valence-electron chi connectivity index (χ4n) is 2.41. The Balaban J connectivity index is 2.08. The van der Waals surface area contributed by atoms with Crippen LogP contribution in [0, 0.1) is 12.0 Å². The van der Waals surface area contributed by atoms with Gasteiger partial charge in [-0.05, 0) is 36.3 Å². The Hall–Kier alpha value is -0.780. The highest BCUT2D eigenvalue weighted by molar-refractivity contribution is 5.19. The van der Waals surface area contributed by atoms with Crippen LogP contribution in [0.4, 0.5) is 0 Å². The lowest BCUT2D eigenvalue weighted by Crippen LogP contribution is -2.11. The molecular weight excluding hydrogens is 156 g/mol. The molecule has 0 amide bonds. The summed E-state index contributed by atoms with van der Waals surface area (Å²) >= 11 is 0. The summed E-state index contributed by atoms with van der Waals surface area (Å²) < 4.78 is 0. The molecule has 1 aliphatic rings. The first kappa shape index (κ1) is 8.80. The second kappa shape index (κ2) is 3.95. The lowest BCUT2D eigenvalue weighted by atomic mass is 9.79. The topological polar surface area (TPSA) is 0 Å². The Bertz CT molecular complexity index is 250. The van der Waals surface area contributed by atoms with Gasteiger partial charge < -0.3 is 0 Å². The maximum absolute atomic E-state index is 3.08. The van der Waals surface area contributed by atoms with Gasteiger partial charge in [0.2, 0.25) is 0 Å². The second-order valence-corrected chi connectivity index (χ2v) is 4.30. The summed E-state index contributed by atoms with van der Waals surface area (Å²) in [5.41, 5.74) is 1.52. The van der Waals surface area contributed by atoms with E-state index in [9.17, 15) is 0 Å². The first-order valence-corrected chi connectivity index (χ1v) is 5.32. The molecule has 1 aliphatic carbocycles. The van der Waals surface area contributed by atoms with Crippen molar-refractivity contribution < 1.29 is 0 Å². The minimum absolute atomic E-state index is 0.818.